The molecule has 5 nitrogen and oxygen atoms in total. The summed E-state index contributed by atoms with van der Waals surface area (Å²) in [5.74, 6) is 1.42. The Labute approximate surface area is 145 Å². The van der Waals surface area contributed by atoms with E-state index in [0.717, 1.165) is 31.1 Å². The average molecular weight is 334 g/mol. The Balaban J connectivity index is 1.84. The van der Waals surface area contributed by atoms with Gasteiger partial charge in [-0.25, -0.2) is 4.79 Å². The van der Waals surface area contributed by atoms with Gasteiger partial charge in [-0.1, -0.05) is 13.8 Å². The van der Waals surface area contributed by atoms with Gasteiger partial charge in [-0.2, -0.15) is 0 Å². The molecule has 5 heteroatoms. The Hall–Kier alpha value is -1.91. The molecule has 1 aromatic rings. The molecule has 0 aromatic heterocycles. The van der Waals surface area contributed by atoms with Crippen molar-refractivity contribution in [1.82, 2.24) is 4.90 Å². The molecule has 1 aliphatic heterocycles. The van der Waals surface area contributed by atoms with E-state index >= 15 is 0 Å². The summed E-state index contributed by atoms with van der Waals surface area (Å²) in [5.41, 5.74) is 0.718. The van der Waals surface area contributed by atoms with E-state index in [0.29, 0.717) is 19.0 Å². The third-order valence-electron chi connectivity index (χ3n) is 3.72. The predicted octanol–water partition coefficient (Wildman–Crippen LogP) is 3.78. The van der Waals surface area contributed by atoms with Gasteiger partial charge >= 0.3 is 6.09 Å². The zero-order valence-corrected chi connectivity index (χ0v) is 15.5. The molecule has 1 saturated heterocycles. The number of hydrogen-bond acceptors (Lipinski definition) is 4. The van der Waals surface area contributed by atoms with Crippen LogP contribution in [0.5, 0.6) is 5.75 Å². The molecule has 1 amide bonds. The molecule has 0 radical (unpaired) electrons. The maximum atomic E-state index is 12.1. The van der Waals surface area contributed by atoms with Crippen LogP contribution in [0, 0.1) is 5.92 Å². The number of amides is 1. The van der Waals surface area contributed by atoms with Crippen LogP contribution < -0.4 is 9.64 Å². The zero-order chi connectivity index (χ0) is 17.7. The van der Waals surface area contributed by atoms with E-state index in [1.807, 2.05) is 32.9 Å². The molecule has 1 fully saturated rings. The summed E-state index contributed by atoms with van der Waals surface area (Å²) < 4.78 is 11.1. The molecular weight excluding hydrogens is 304 g/mol. The lowest BCUT2D eigenvalue weighted by atomic mass is 10.2. The topological polar surface area (TPSA) is 42.0 Å². The third-order valence-corrected chi connectivity index (χ3v) is 3.72. The maximum absolute atomic E-state index is 12.1. The fourth-order valence-electron chi connectivity index (χ4n) is 2.49. The number of benzene rings is 1. The first-order chi connectivity index (χ1) is 11.2. The number of nitrogens with zero attached hydrogens (tertiary/aromatic N) is 2. The summed E-state index contributed by atoms with van der Waals surface area (Å²) in [5, 5.41) is 0. The Morgan fingerprint density at radius 2 is 1.67 bits per heavy atom. The van der Waals surface area contributed by atoms with Gasteiger partial charge in [0, 0.05) is 31.9 Å². The molecule has 0 spiro atoms. The van der Waals surface area contributed by atoms with E-state index < -0.39 is 5.60 Å². The molecule has 134 valence electrons. The first-order valence-electron chi connectivity index (χ1n) is 8.70. The van der Waals surface area contributed by atoms with E-state index in [1.54, 1.807) is 4.90 Å². The standard InChI is InChI=1S/C19H30N2O3/c1-15(2)14-23-17-8-6-16(7-9-17)20-10-12-21(13-11-20)18(22)24-19(3,4)5/h6-9,15H,10-14H2,1-5H3. The molecule has 2 rings (SSSR count). The highest BCUT2D eigenvalue weighted by Gasteiger charge is 2.25. The molecule has 1 aliphatic rings. The van der Waals surface area contributed by atoms with Crippen LogP contribution in [0.3, 0.4) is 0 Å². The van der Waals surface area contributed by atoms with E-state index in [9.17, 15) is 4.79 Å². The predicted molar refractivity (Wildman–Crippen MR) is 96.8 cm³/mol. The second-order valence-corrected chi connectivity index (χ2v) is 7.65. The van der Waals surface area contributed by atoms with Gasteiger partial charge in [0.25, 0.3) is 0 Å². The van der Waals surface area contributed by atoms with Crippen molar-refractivity contribution in [3.63, 3.8) is 0 Å². The van der Waals surface area contributed by atoms with Gasteiger partial charge in [-0.3, -0.25) is 0 Å². The molecule has 0 aliphatic carbocycles. The normalized spacial score (nSPS) is 15.6. The number of anilines is 1. The Kier molecular flexibility index (Phi) is 5.97. The second kappa shape index (κ2) is 7.77. The molecule has 0 N–H and O–H groups in total. The lowest BCUT2D eigenvalue weighted by Gasteiger charge is -2.36. The van der Waals surface area contributed by atoms with Crippen molar-refractivity contribution in [2.45, 2.75) is 40.2 Å². The number of ether oxygens (including phenoxy) is 2. The van der Waals surface area contributed by atoms with E-state index in [-0.39, 0.29) is 6.09 Å². The van der Waals surface area contributed by atoms with Crippen LogP contribution in [-0.4, -0.2) is 49.4 Å². The largest absolute Gasteiger partial charge is 0.493 e. The van der Waals surface area contributed by atoms with Gasteiger partial charge in [0.2, 0.25) is 0 Å². The third kappa shape index (κ3) is 5.62. The molecule has 1 aromatic carbocycles. The first-order valence-corrected chi connectivity index (χ1v) is 8.70. The van der Waals surface area contributed by atoms with Crippen LogP contribution >= 0.6 is 0 Å². The highest BCUT2D eigenvalue weighted by Crippen LogP contribution is 2.21. The monoisotopic (exact) mass is 334 g/mol. The van der Waals surface area contributed by atoms with Crippen molar-refractivity contribution in [3.8, 4) is 5.75 Å². The van der Waals surface area contributed by atoms with Crippen molar-refractivity contribution in [3.05, 3.63) is 24.3 Å². The smallest absolute Gasteiger partial charge is 0.410 e. The van der Waals surface area contributed by atoms with Crippen LogP contribution in [-0.2, 0) is 4.74 Å². The van der Waals surface area contributed by atoms with E-state index in [4.69, 9.17) is 9.47 Å². The number of carbonyl (C=O) groups excluding carboxylic acids is 1. The minimum Gasteiger partial charge on any atom is -0.493 e. The average Bonchev–Trinajstić information content (AvgIpc) is 2.52. The molecule has 24 heavy (non-hydrogen) atoms. The Morgan fingerprint density at radius 3 is 2.17 bits per heavy atom. The minimum absolute atomic E-state index is 0.223. The van der Waals surface area contributed by atoms with E-state index in [2.05, 4.69) is 30.9 Å². The summed E-state index contributed by atoms with van der Waals surface area (Å²) in [7, 11) is 0. The van der Waals surface area contributed by atoms with Crippen molar-refractivity contribution >= 4 is 11.8 Å². The molecule has 0 saturated carbocycles. The lowest BCUT2D eigenvalue weighted by molar-refractivity contribution is 0.0240. The van der Waals surface area contributed by atoms with Crippen molar-refractivity contribution in [2.75, 3.05) is 37.7 Å². The summed E-state index contributed by atoms with van der Waals surface area (Å²) in [6.45, 7) is 13.7. The van der Waals surface area contributed by atoms with Gasteiger partial charge in [-0.05, 0) is 51.0 Å². The van der Waals surface area contributed by atoms with Gasteiger partial charge in [0.15, 0.2) is 0 Å². The zero-order valence-electron chi connectivity index (χ0n) is 15.5. The van der Waals surface area contributed by atoms with Crippen LogP contribution in [0.15, 0.2) is 24.3 Å². The minimum atomic E-state index is -0.444. The summed E-state index contributed by atoms with van der Waals surface area (Å²) in [6.07, 6.45) is -0.223. The fraction of sp³-hybridized carbons (Fsp3) is 0.632. The van der Waals surface area contributed by atoms with Crippen LogP contribution in [0.25, 0.3) is 0 Å². The Morgan fingerprint density at radius 1 is 1.08 bits per heavy atom. The lowest BCUT2D eigenvalue weighted by Crippen LogP contribution is -2.50. The van der Waals surface area contributed by atoms with Gasteiger partial charge in [0.1, 0.15) is 11.4 Å². The SMILES string of the molecule is CC(C)COc1ccc(N2CCN(C(=O)OC(C)(C)C)CC2)cc1. The van der Waals surface area contributed by atoms with Crippen molar-refractivity contribution in [2.24, 2.45) is 5.92 Å². The molecule has 0 atom stereocenters. The van der Waals surface area contributed by atoms with Crippen LogP contribution in [0.2, 0.25) is 0 Å². The van der Waals surface area contributed by atoms with Gasteiger partial charge in [-0.15, -0.1) is 0 Å². The van der Waals surface area contributed by atoms with Gasteiger partial charge < -0.3 is 19.3 Å². The number of hydrogen-bond donors (Lipinski definition) is 0. The quantitative estimate of drug-likeness (QED) is 0.840. The Bertz CT molecular complexity index is 527. The molecule has 0 unspecified atom stereocenters. The maximum Gasteiger partial charge on any atom is 0.410 e. The van der Waals surface area contributed by atoms with E-state index in [1.165, 1.54) is 0 Å². The van der Waals surface area contributed by atoms with Gasteiger partial charge in [0.05, 0.1) is 6.61 Å². The second-order valence-electron chi connectivity index (χ2n) is 7.65. The molecule has 1 heterocycles. The summed E-state index contributed by atoms with van der Waals surface area (Å²) in [4.78, 5) is 16.2. The summed E-state index contributed by atoms with van der Waals surface area (Å²) in [6, 6.07) is 8.19. The number of rotatable bonds is 4. The summed E-state index contributed by atoms with van der Waals surface area (Å²) >= 11 is 0. The van der Waals surface area contributed by atoms with Crippen LogP contribution in [0.1, 0.15) is 34.6 Å². The van der Waals surface area contributed by atoms with Crippen molar-refractivity contribution in [1.29, 1.82) is 0 Å². The van der Waals surface area contributed by atoms with Crippen LogP contribution in [0.4, 0.5) is 10.5 Å². The first kappa shape index (κ1) is 18.4. The van der Waals surface area contributed by atoms with Crippen molar-refractivity contribution < 1.29 is 14.3 Å². The molecular formula is C19H30N2O3. The fourth-order valence-corrected chi connectivity index (χ4v) is 2.49. The highest BCUT2D eigenvalue weighted by molar-refractivity contribution is 5.68. The number of carbonyl (C=O) groups is 1. The molecule has 0 bridgehead atoms. The number of piperazine rings is 1. The highest BCUT2D eigenvalue weighted by atomic mass is 16.6.